The van der Waals surface area contributed by atoms with Gasteiger partial charge in [0.2, 0.25) is 11.8 Å². The molecule has 1 aliphatic carbocycles. The number of sulfone groups is 1. The van der Waals surface area contributed by atoms with Crippen molar-refractivity contribution in [2.24, 2.45) is 0 Å². The minimum Gasteiger partial charge on any atom is -0.352 e. The average Bonchev–Trinajstić information content (AvgIpc) is 3.43. The summed E-state index contributed by atoms with van der Waals surface area (Å²) in [5, 5.41) is 3.33. The Morgan fingerprint density at radius 1 is 1.25 bits per heavy atom. The SMILES string of the molecule is Cc1ncc(-c2ccc3sc(C(C(=O)NCC(=O)NC4CC4)S(C)(=O)=O)nc3c2F)cn1. The van der Waals surface area contributed by atoms with Crippen LogP contribution < -0.4 is 10.6 Å². The topological polar surface area (TPSA) is 131 Å². The Morgan fingerprint density at radius 3 is 2.56 bits per heavy atom. The number of fused-ring (bicyclic) bond motifs is 1. The number of hydrogen-bond donors (Lipinski definition) is 2. The van der Waals surface area contributed by atoms with Gasteiger partial charge in [0.1, 0.15) is 16.3 Å². The molecule has 3 aromatic rings. The van der Waals surface area contributed by atoms with Crippen molar-refractivity contribution in [3.05, 3.63) is 41.2 Å². The zero-order valence-corrected chi connectivity index (χ0v) is 18.9. The first-order valence-electron chi connectivity index (χ1n) is 9.77. The fourth-order valence-corrected chi connectivity index (χ4v) is 5.61. The predicted octanol–water partition coefficient (Wildman–Crippen LogP) is 1.68. The Bertz CT molecular complexity index is 1300. The number of nitrogens with one attached hydrogen (secondary N) is 2. The normalized spacial score (nSPS) is 14.8. The van der Waals surface area contributed by atoms with Crippen LogP contribution in [0, 0.1) is 12.7 Å². The van der Waals surface area contributed by atoms with E-state index in [1.165, 1.54) is 18.5 Å². The van der Waals surface area contributed by atoms with Crippen molar-refractivity contribution in [2.45, 2.75) is 31.1 Å². The highest BCUT2D eigenvalue weighted by atomic mass is 32.2. The lowest BCUT2D eigenvalue weighted by Crippen LogP contribution is -2.41. The van der Waals surface area contributed by atoms with Crippen LogP contribution in [-0.4, -0.2) is 54.0 Å². The molecule has 32 heavy (non-hydrogen) atoms. The summed E-state index contributed by atoms with van der Waals surface area (Å²) in [5.74, 6) is -1.40. The molecule has 12 heteroatoms. The van der Waals surface area contributed by atoms with E-state index in [9.17, 15) is 18.0 Å². The molecule has 4 rings (SSSR count). The van der Waals surface area contributed by atoms with E-state index < -0.39 is 32.7 Å². The van der Waals surface area contributed by atoms with Crippen LogP contribution in [0.15, 0.2) is 24.5 Å². The smallest absolute Gasteiger partial charge is 0.245 e. The summed E-state index contributed by atoms with van der Waals surface area (Å²) >= 11 is 0.913. The number of aromatic nitrogens is 3. The van der Waals surface area contributed by atoms with Gasteiger partial charge in [-0.15, -0.1) is 11.3 Å². The van der Waals surface area contributed by atoms with E-state index in [1.54, 1.807) is 13.0 Å². The van der Waals surface area contributed by atoms with Gasteiger partial charge >= 0.3 is 0 Å². The lowest BCUT2D eigenvalue weighted by Gasteiger charge is -2.12. The molecule has 1 atom stereocenters. The van der Waals surface area contributed by atoms with Crippen molar-refractivity contribution < 1.29 is 22.4 Å². The summed E-state index contributed by atoms with van der Waals surface area (Å²) in [6.45, 7) is 1.36. The van der Waals surface area contributed by atoms with Crippen molar-refractivity contribution in [3.63, 3.8) is 0 Å². The maximum atomic E-state index is 15.2. The summed E-state index contributed by atoms with van der Waals surface area (Å²) in [6, 6.07) is 3.26. The average molecular weight is 478 g/mol. The van der Waals surface area contributed by atoms with E-state index in [0.717, 1.165) is 30.4 Å². The van der Waals surface area contributed by atoms with Crippen molar-refractivity contribution in [2.75, 3.05) is 12.8 Å². The fourth-order valence-electron chi connectivity index (χ4n) is 3.10. The van der Waals surface area contributed by atoms with Crippen LogP contribution in [0.25, 0.3) is 21.3 Å². The van der Waals surface area contributed by atoms with Gasteiger partial charge in [0.05, 0.1) is 11.2 Å². The summed E-state index contributed by atoms with van der Waals surface area (Å²) in [4.78, 5) is 36.8. The highest BCUT2D eigenvalue weighted by molar-refractivity contribution is 7.91. The molecule has 2 N–H and O–H groups in total. The van der Waals surface area contributed by atoms with Crippen LogP contribution in [0.5, 0.6) is 0 Å². The third-order valence-corrected chi connectivity index (χ3v) is 7.39. The number of aryl methyl sites for hydroxylation is 1. The molecule has 1 fully saturated rings. The van der Waals surface area contributed by atoms with E-state index in [1.807, 2.05) is 0 Å². The van der Waals surface area contributed by atoms with Crippen molar-refractivity contribution in [1.82, 2.24) is 25.6 Å². The number of hydrogen-bond acceptors (Lipinski definition) is 8. The largest absolute Gasteiger partial charge is 0.352 e. The standard InChI is InChI=1S/C20H20FN5O4S2/c1-10-22-7-11(8-23-10)13-5-6-14-17(16(13)21)26-20(31-14)18(32(2,29)30)19(28)24-9-15(27)25-12-3-4-12/h5-8,12,18H,3-4,9H2,1-2H3,(H,24,28)(H,25,27). The Morgan fingerprint density at radius 2 is 1.94 bits per heavy atom. The molecule has 168 valence electrons. The monoisotopic (exact) mass is 477 g/mol. The number of benzene rings is 1. The van der Waals surface area contributed by atoms with Gasteiger partial charge in [0.15, 0.2) is 20.9 Å². The van der Waals surface area contributed by atoms with Crippen molar-refractivity contribution in [1.29, 1.82) is 0 Å². The zero-order chi connectivity index (χ0) is 23.0. The second-order valence-electron chi connectivity index (χ2n) is 7.61. The molecule has 0 radical (unpaired) electrons. The predicted molar refractivity (Wildman–Crippen MR) is 117 cm³/mol. The van der Waals surface area contributed by atoms with Crippen LogP contribution in [0.4, 0.5) is 4.39 Å². The second kappa shape index (κ2) is 8.51. The summed E-state index contributed by atoms with van der Waals surface area (Å²) in [5.41, 5.74) is 0.617. The minimum atomic E-state index is -3.94. The van der Waals surface area contributed by atoms with Gasteiger partial charge in [-0.25, -0.2) is 27.8 Å². The Balaban J connectivity index is 1.64. The molecule has 9 nitrogen and oxygen atoms in total. The Hall–Kier alpha value is -2.99. The number of halogens is 1. The highest BCUT2D eigenvalue weighted by Crippen LogP contribution is 2.35. The van der Waals surface area contributed by atoms with E-state index in [-0.39, 0.29) is 28.7 Å². The first-order valence-corrected chi connectivity index (χ1v) is 12.5. The maximum absolute atomic E-state index is 15.2. The highest BCUT2D eigenvalue weighted by Gasteiger charge is 2.35. The first kappa shape index (κ1) is 22.2. The fraction of sp³-hybridized carbons (Fsp3) is 0.350. The first-order chi connectivity index (χ1) is 15.1. The molecule has 0 spiro atoms. The Labute approximate surface area is 187 Å². The van der Waals surface area contributed by atoms with Gasteiger partial charge in [0.25, 0.3) is 0 Å². The molecule has 2 amide bonds. The maximum Gasteiger partial charge on any atom is 0.245 e. The molecule has 0 bridgehead atoms. The molecule has 1 aromatic carbocycles. The molecule has 0 saturated heterocycles. The summed E-state index contributed by atoms with van der Waals surface area (Å²) in [7, 11) is -3.94. The lowest BCUT2D eigenvalue weighted by molar-refractivity contribution is -0.126. The molecule has 1 aliphatic rings. The Kier molecular flexibility index (Phi) is 5.91. The number of thiazole rings is 1. The van der Waals surface area contributed by atoms with Gasteiger partial charge < -0.3 is 10.6 Å². The van der Waals surface area contributed by atoms with E-state index in [2.05, 4.69) is 25.6 Å². The number of carbonyl (C=O) groups excluding carboxylic acids is 2. The number of rotatable bonds is 7. The van der Waals surface area contributed by atoms with Crippen LogP contribution >= 0.6 is 11.3 Å². The van der Waals surface area contributed by atoms with Crippen molar-refractivity contribution in [3.8, 4) is 11.1 Å². The second-order valence-corrected chi connectivity index (χ2v) is 10.8. The van der Waals surface area contributed by atoms with Crippen LogP contribution in [-0.2, 0) is 19.4 Å². The molecular formula is C20H20FN5O4S2. The summed E-state index contributed by atoms with van der Waals surface area (Å²) in [6.07, 6.45) is 5.65. The molecule has 0 aliphatic heterocycles. The molecule has 2 aromatic heterocycles. The van der Waals surface area contributed by atoms with Crippen LogP contribution in [0.2, 0.25) is 0 Å². The van der Waals surface area contributed by atoms with Crippen molar-refractivity contribution >= 4 is 43.2 Å². The number of nitrogens with zero attached hydrogens (tertiary/aromatic N) is 3. The molecule has 1 saturated carbocycles. The minimum absolute atomic E-state index is 0.0454. The quantitative estimate of drug-likeness (QED) is 0.529. The van der Waals surface area contributed by atoms with Crippen LogP contribution in [0.1, 0.15) is 28.9 Å². The van der Waals surface area contributed by atoms with Gasteiger partial charge in [0, 0.05) is 35.8 Å². The van der Waals surface area contributed by atoms with Gasteiger partial charge in [-0.3, -0.25) is 9.59 Å². The summed E-state index contributed by atoms with van der Waals surface area (Å²) < 4.78 is 40.4. The van der Waals surface area contributed by atoms with E-state index in [0.29, 0.717) is 16.1 Å². The van der Waals surface area contributed by atoms with E-state index >= 15 is 4.39 Å². The molecular weight excluding hydrogens is 457 g/mol. The number of carbonyl (C=O) groups is 2. The lowest BCUT2D eigenvalue weighted by atomic mass is 10.1. The molecule has 1 unspecified atom stereocenters. The van der Waals surface area contributed by atoms with E-state index in [4.69, 9.17) is 0 Å². The third-order valence-electron chi connectivity index (χ3n) is 4.86. The molecule has 2 heterocycles. The zero-order valence-electron chi connectivity index (χ0n) is 17.3. The van der Waals surface area contributed by atoms with Gasteiger partial charge in [-0.05, 0) is 31.9 Å². The van der Waals surface area contributed by atoms with Gasteiger partial charge in [-0.2, -0.15) is 0 Å². The number of amides is 2. The third kappa shape index (κ3) is 4.75. The van der Waals surface area contributed by atoms with Gasteiger partial charge in [-0.1, -0.05) is 0 Å². The van der Waals surface area contributed by atoms with Crippen LogP contribution in [0.3, 0.4) is 0 Å².